The van der Waals surface area contributed by atoms with Gasteiger partial charge in [-0.2, -0.15) is 0 Å². The smallest absolute Gasteiger partial charge is 0.249 e. The van der Waals surface area contributed by atoms with Crippen LogP contribution in [-0.2, 0) is 13.0 Å². The van der Waals surface area contributed by atoms with E-state index in [1.807, 2.05) is 24.3 Å². The lowest BCUT2D eigenvalue weighted by molar-refractivity contribution is 0.100. The molecule has 0 saturated heterocycles. The van der Waals surface area contributed by atoms with Gasteiger partial charge in [-0.3, -0.25) is 9.69 Å². The van der Waals surface area contributed by atoms with E-state index >= 15 is 0 Å². The van der Waals surface area contributed by atoms with Crippen LogP contribution in [0.15, 0.2) is 53.4 Å². The van der Waals surface area contributed by atoms with Crippen molar-refractivity contribution in [3.63, 3.8) is 0 Å². The van der Waals surface area contributed by atoms with Crippen LogP contribution in [-0.4, -0.2) is 78.3 Å². The fourth-order valence-corrected chi connectivity index (χ4v) is 5.71. The number of ether oxygens (including phenoxy) is 4. The van der Waals surface area contributed by atoms with Crippen molar-refractivity contribution < 1.29 is 23.7 Å². The summed E-state index contributed by atoms with van der Waals surface area (Å²) in [6.07, 6.45) is 0.992. The Balaban J connectivity index is 1.21. The molecule has 41 heavy (non-hydrogen) atoms. The largest absolute Gasteiger partial charge is 0.493 e. The number of hydrogen-bond acceptors (Lipinski definition) is 10. The zero-order valence-electron chi connectivity index (χ0n) is 23.4. The molecular weight excluding hydrogens is 544 g/mol. The van der Waals surface area contributed by atoms with E-state index in [1.54, 1.807) is 32.0 Å². The van der Waals surface area contributed by atoms with Crippen molar-refractivity contribution in [1.29, 1.82) is 0 Å². The molecule has 1 aliphatic heterocycles. The molecule has 5 rings (SSSR count). The number of primary amides is 1. The van der Waals surface area contributed by atoms with Crippen molar-refractivity contribution in [2.24, 2.45) is 5.73 Å². The summed E-state index contributed by atoms with van der Waals surface area (Å²) in [4.78, 5) is 17.1. The second-order valence-corrected chi connectivity index (χ2v) is 10.5. The van der Waals surface area contributed by atoms with E-state index in [4.69, 9.17) is 24.7 Å². The van der Waals surface area contributed by atoms with Crippen LogP contribution in [0.5, 0.6) is 23.0 Å². The monoisotopic (exact) mass is 576 g/mol. The maximum absolute atomic E-state index is 12.1. The van der Waals surface area contributed by atoms with Crippen LogP contribution in [0.1, 0.15) is 21.5 Å². The quantitative estimate of drug-likeness (QED) is 0.265. The average molecular weight is 577 g/mol. The van der Waals surface area contributed by atoms with Gasteiger partial charge < -0.3 is 24.7 Å². The molecule has 12 heteroatoms. The Kier molecular flexibility index (Phi) is 8.60. The van der Waals surface area contributed by atoms with Gasteiger partial charge in [0, 0.05) is 35.8 Å². The van der Waals surface area contributed by atoms with Crippen LogP contribution < -0.4 is 24.7 Å². The van der Waals surface area contributed by atoms with Gasteiger partial charge in [0.05, 0.1) is 39.7 Å². The predicted molar refractivity (Wildman–Crippen MR) is 155 cm³/mol. The molecule has 0 saturated carbocycles. The Labute approximate surface area is 242 Å². The summed E-state index contributed by atoms with van der Waals surface area (Å²) in [5.41, 5.74) is 9.58. The van der Waals surface area contributed by atoms with E-state index < -0.39 is 5.91 Å². The lowest BCUT2D eigenvalue weighted by Gasteiger charge is -2.29. The summed E-state index contributed by atoms with van der Waals surface area (Å²) in [5, 5.41) is 12.8. The van der Waals surface area contributed by atoms with Crippen LogP contribution in [0, 0.1) is 0 Å². The zero-order valence-corrected chi connectivity index (χ0v) is 24.2. The number of benzene rings is 3. The van der Waals surface area contributed by atoms with Crippen LogP contribution in [0.2, 0.25) is 0 Å². The molecule has 214 valence electrons. The number of tetrazole rings is 1. The standard InChI is InChI=1S/C29H32N6O5S/c1-37-24-13-18-9-10-34(17-19(18)14-25(24)38-2)11-12-41-21-7-5-20(6-8-21)35-32-29(31-33-35)23-16-27(40-4)26(39-3)15-22(23)28(30)36/h5-8,13-16H,9-12,17H2,1-4H3,(H2,30,36). The highest BCUT2D eigenvalue weighted by atomic mass is 32.2. The van der Waals surface area contributed by atoms with Gasteiger partial charge in [0.2, 0.25) is 11.7 Å². The van der Waals surface area contributed by atoms with Gasteiger partial charge in [0.25, 0.3) is 0 Å². The SMILES string of the molecule is COc1cc2c(cc1OC)CN(CCSc1ccc(-n3nnc(-c4cc(OC)c(OC)cc4C(N)=O)n3)cc1)CC2. The highest BCUT2D eigenvalue weighted by molar-refractivity contribution is 7.99. The first-order chi connectivity index (χ1) is 19.9. The summed E-state index contributed by atoms with van der Waals surface area (Å²) in [5.74, 6) is 2.95. The molecule has 0 atom stereocenters. The highest BCUT2D eigenvalue weighted by Crippen LogP contribution is 2.35. The molecule has 0 unspecified atom stereocenters. The first kappa shape index (κ1) is 28.2. The Hall–Kier alpha value is -4.29. The number of nitrogens with two attached hydrogens (primary N) is 1. The minimum absolute atomic E-state index is 0.213. The molecule has 0 fully saturated rings. The van der Waals surface area contributed by atoms with Crippen molar-refractivity contribution in [1.82, 2.24) is 25.1 Å². The van der Waals surface area contributed by atoms with Crippen molar-refractivity contribution in [3.8, 4) is 40.1 Å². The number of methoxy groups -OCH3 is 4. The second kappa shape index (κ2) is 12.5. The third-order valence-electron chi connectivity index (χ3n) is 6.98. The first-order valence-electron chi connectivity index (χ1n) is 13.0. The number of carbonyl (C=O) groups is 1. The number of aromatic nitrogens is 4. The Morgan fingerprint density at radius 2 is 1.54 bits per heavy atom. The molecule has 4 aromatic rings. The number of hydrogen-bond donors (Lipinski definition) is 1. The first-order valence-corrected chi connectivity index (χ1v) is 14.0. The Morgan fingerprint density at radius 1 is 0.902 bits per heavy atom. The molecule has 0 spiro atoms. The van der Waals surface area contributed by atoms with Gasteiger partial charge in [0.15, 0.2) is 23.0 Å². The third-order valence-corrected chi connectivity index (χ3v) is 7.98. The van der Waals surface area contributed by atoms with E-state index in [2.05, 4.69) is 32.4 Å². The van der Waals surface area contributed by atoms with Crippen molar-refractivity contribution in [2.45, 2.75) is 17.9 Å². The summed E-state index contributed by atoms with van der Waals surface area (Å²) >= 11 is 1.80. The molecule has 2 heterocycles. The van der Waals surface area contributed by atoms with Crippen LogP contribution in [0.4, 0.5) is 0 Å². The van der Waals surface area contributed by atoms with Gasteiger partial charge in [-0.1, -0.05) is 0 Å². The molecule has 0 radical (unpaired) electrons. The van der Waals surface area contributed by atoms with Crippen molar-refractivity contribution >= 4 is 17.7 Å². The predicted octanol–water partition coefficient (Wildman–Crippen LogP) is 3.61. The summed E-state index contributed by atoms with van der Waals surface area (Å²) in [6.45, 7) is 2.88. The molecule has 3 aromatic carbocycles. The van der Waals surface area contributed by atoms with Crippen molar-refractivity contribution in [3.05, 3.63) is 65.2 Å². The van der Waals surface area contributed by atoms with Gasteiger partial charge in [-0.05, 0) is 71.3 Å². The maximum atomic E-state index is 12.1. The number of amides is 1. The van der Waals surface area contributed by atoms with E-state index in [1.165, 1.54) is 36.2 Å². The summed E-state index contributed by atoms with van der Waals surface area (Å²) < 4.78 is 21.6. The number of fused-ring (bicyclic) bond motifs is 1. The molecule has 1 aliphatic rings. The third kappa shape index (κ3) is 6.08. The average Bonchev–Trinajstić information content (AvgIpc) is 3.50. The van der Waals surface area contributed by atoms with Gasteiger partial charge >= 0.3 is 0 Å². The molecule has 11 nitrogen and oxygen atoms in total. The zero-order chi connectivity index (χ0) is 28.9. The Morgan fingerprint density at radius 3 is 2.20 bits per heavy atom. The lowest BCUT2D eigenvalue weighted by Crippen LogP contribution is -2.32. The summed E-state index contributed by atoms with van der Waals surface area (Å²) in [6, 6.07) is 15.3. The van der Waals surface area contributed by atoms with E-state index in [9.17, 15) is 4.79 Å². The minimum atomic E-state index is -0.632. The van der Waals surface area contributed by atoms with E-state index in [0.29, 0.717) is 17.1 Å². The molecule has 2 N–H and O–H groups in total. The summed E-state index contributed by atoms with van der Waals surface area (Å²) in [7, 11) is 6.34. The number of carbonyl (C=O) groups excluding carboxylic acids is 1. The van der Waals surface area contributed by atoms with Crippen molar-refractivity contribution in [2.75, 3.05) is 47.3 Å². The molecular formula is C29H32N6O5S. The van der Waals surface area contributed by atoms with E-state index in [0.717, 1.165) is 53.9 Å². The molecule has 0 aliphatic carbocycles. The second-order valence-electron chi connectivity index (χ2n) is 9.36. The molecule has 1 aromatic heterocycles. The Bertz CT molecular complexity index is 1540. The number of rotatable bonds is 11. The molecule has 0 bridgehead atoms. The van der Waals surface area contributed by atoms with Crippen LogP contribution in [0.3, 0.4) is 0 Å². The fourth-order valence-electron chi connectivity index (χ4n) is 4.80. The lowest BCUT2D eigenvalue weighted by atomic mass is 9.99. The molecule has 1 amide bonds. The van der Waals surface area contributed by atoms with Gasteiger partial charge in [0.1, 0.15) is 0 Å². The normalized spacial score (nSPS) is 13.0. The highest BCUT2D eigenvalue weighted by Gasteiger charge is 2.21. The topological polar surface area (TPSA) is 127 Å². The van der Waals surface area contributed by atoms with Gasteiger partial charge in [-0.15, -0.1) is 26.8 Å². The van der Waals surface area contributed by atoms with E-state index in [-0.39, 0.29) is 11.4 Å². The maximum Gasteiger partial charge on any atom is 0.249 e. The number of nitrogens with zero attached hydrogens (tertiary/aromatic N) is 5. The van der Waals surface area contributed by atoms with Crippen LogP contribution in [0.25, 0.3) is 17.1 Å². The van der Waals surface area contributed by atoms with Crippen LogP contribution >= 0.6 is 11.8 Å². The minimum Gasteiger partial charge on any atom is -0.493 e. The number of thioether (sulfide) groups is 1. The fraction of sp³-hybridized carbons (Fsp3) is 0.310. The van der Waals surface area contributed by atoms with Gasteiger partial charge in [-0.25, -0.2) is 0 Å².